The maximum absolute atomic E-state index is 11.8. The molecule has 0 spiro atoms. The highest BCUT2D eigenvalue weighted by atomic mass is 16.7. The molecule has 1 heterocycles. The maximum atomic E-state index is 11.8. The van der Waals surface area contributed by atoms with Crippen molar-refractivity contribution in [3.8, 4) is 0 Å². The molecule has 0 aromatic heterocycles. The second-order valence-electron chi connectivity index (χ2n) is 4.94. The first-order valence-electron chi connectivity index (χ1n) is 4.94. The molecule has 0 bridgehead atoms. The van der Waals surface area contributed by atoms with E-state index in [4.69, 9.17) is 4.84 Å². The number of rotatable bonds is 1. The molecule has 4 heteroatoms. The van der Waals surface area contributed by atoms with Gasteiger partial charge in [0.25, 0.3) is 0 Å². The Balaban J connectivity index is 2.57. The molecule has 1 amide bonds. The minimum atomic E-state index is -0.536. The van der Waals surface area contributed by atoms with Gasteiger partial charge in [-0.25, -0.2) is 5.06 Å². The second kappa shape index (κ2) is 3.87. The molecular weight excluding hydrogens is 182 g/mol. The number of β-amino-alcohol motifs (C(OH)–C–C–N with tert-alkyl or cyclic N) is 1. The van der Waals surface area contributed by atoms with Crippen molar-refractivity contribution in [2.75, 3.05) is 13.2 Å². The predicted molar refractivity (Wildman–Crippen MR) is 52.3 cm³/mol. The van der Waals surface area contributed by atoms with Gasteiger partial charge in [-0.15, -0.1) is 0 Å². The highest BCUT2D eigenvalue weighted by Crippen LogP contribution is 2.27. The molecule has 1 rings (SSSR count). The summed E-state index contributed by atoms with van der Waals surface area (Å²) in [4.78, 5) is 16.9. The van der Waals surface area contributed by atoms with Gasteiger partial charge in [-0.05, 0) is 5.41 Å². The Labute approximate surface area is 84.8 Å². The topological polar surface area (TPSA) is 49.8 Å². The van der Waals surface area contributed by atoms with Gasteiger partial charge in [-0.3, -0.25) is 9.63 Å². The monoisotopic (exact) mass is 201 g/mol. The first kappa shape index (κ1) is 11.5. The fourth-order valence-electron chi connectivity index (χ4n) is 1.21. The molecule has 1 fully saturated rings. The second-order valence-corrected chi connectivity index (χ2v) is 4.94. The first-order chi connectivity index (χ1) is 6.32. The molecule has 14 heavy (non-hydrogen) atoms. The van der Waals surface area contributed by atoms with Crippen LogP contribution in [0.25, 0.3) is 0 Å². The van der Waals surface area contributed by atoms with Gasteiger partial charge in [-0.1, -0.05) is 27.7 Å². The summed E-state index contributed by atoms with van der Waals surface area (Å²) in [6, 6.07) is 0. The molecule has 2 atom stereocenters. The third kappa shape index (κ3) is 2.45. The third-order valence-electron chi connectivity index (χ3n) is 2.71. The molecular formula is C10H19NO3. The number of carbonyl (C=O) groups excluding carboxylic acids is 1. The van der Waals surface area contributed by atoms with Gasteiger partial charge < -0.3 is 5.11 Å². The van der Waals surface area contributed by atoms with Gasteiger partial charge in [0.15, 0.2) is 0 Å². The average Bonchev–Trinajstić information content (AvgIpc) is 2.47. The van der Waals surface area contributed by atoms with Crippen LogP contribution in [-0.2, 0) is 9.63 Å². The average molecular weight is 201 g/mol. The van der Waals surface area contributed by atoms with Gasteiger partial charge in [-0.2, -0.15) is 0 Å². The lowest BCUT2D eigenvalue weighted by atomic mass is 9.81. The molecule has 0 aromatic rings. The van der Waals surface area contributed by atoms with Gasteiger partial charge in [0.2, 0.25) is 5.91 Å². The van der Waals surface area contributed by atoms with E-state index in [2.05, 4.69) is 0 Å². The summed E-state index contributed by atoms with van der Waals surface area (Å²) in [7, 11) is 0. The van der Waals surface area contributed by atoms with E-state index in [-0.39, 0.29) is 23.8 Å². The fraction of sp³-hybridized carbons (Fsp3) is 0.900. The Kier molecular flexibility index (Phi) is 3.17. The van der Waals surface area contributed by atoms with Crippen molar-refractivity contribution in [2.24, 2.45) is 11.3 Å². The fourth-order valence-corrected chi connectivity index (χ4v) is 1.21. The Bertz CT molecular complexity index is 222. The summed E-state index contributed by atoms with van der Waals surface area (Å²) in [5.41, 5.74) is -0.0754. The van der Waals surface area contributed by atoms with Crippen LogP contribution in [0.3, 0.4) is 0 Å². The molecule has 4 nitrogen and oxygen atoms in total. The van der Waals surface area contributed by atoms with Crippen LogP contribution < -0.4 is 0 Å². The van der Waals surface area contributed by atoms with Crippen LogP contribution in [0.5, 0.6) is 0 Å². The van der Waals surface area contributed by atoms with Crippen molar-refractivity contribution in [3.05, 3.63) is 0 Å². The maximum Gasteiger partial charge on any atom is 0.249 e. The summed E-state index contributed by atoms with van der Waals surface area (Å²) in [6.45, 7) is 8.45. The van der Waals surface area contributed by atoms with Gasteiger partial charge in [0.05, 0.1) is 12.6 Å². The summed E-state index contributed by atoms with van der Waals surface area (Å²) in [5.74, 6) is -0.151. The lowest BCUT2D eigenvalue weighted by Gasteiger charge is -2.28. The molecule has 1 aliphatic rings. The quantitative estimate of drug-likeness (QED) is 0.682. The number of hydrogen-bond acceptors (Lipinski definition) is 3. The highest BCUT2D eigenvalue weighted by molar-refractivity contribution is 5.78. The third-order valence-corrected chi connectivity index (χ3v) is 2.71. The molecule has 0 aromatic carbocycles. The van der Waals surface area contributed by atoms with Gasteiger partial charge in [0.1, 0.15) is 6.61 Å². The number of aliphatic hydroxyl groups excluding tert-OH is 1. The lowest BCUT2D eigenvalue weighted by Crippen LogP contribution is -2.38. The number of aliphatic hydroxyl groups is 1. The first-order valence-corrected chi connectivity index (χ1v) is 4.94. The lowest BCUT2D eigenvalue weighted by molar-refractivity contribution is -0.176. The van der Waals surface area contributed by atoms with E-state index in [9.17, 15) is 9.90 Å². The number of amides is 1. The Morgan fingerprint density at radius 1 is 1.57 bits per heavy atom. The predicted octanol–water partition coefficient (Wildman–Crippen LogP) is 0.803. The SMILES string of the molecule is CC(C(=O)N1C[C@@H](O)CO1)C(C)(C)C. The van der Waals surface area contributed by atoms with E-state index in [1.54, 1.807) is 0 Å². The van der Waals surface area contributed by atoms with E-state index in [1.165, 1.54) is 5.06 Å². The minimum absolute atomic E-state index is 0.0472. The van der Waals surface area contributed by atoms with E-state index < -0.39 is 6.10 Å². The normalized spacial score (nSPS) is 25.2. The van der Waals surface area contributed by atoms with Crippen LogP contribution in [-0.4, -0.2) is 35.3 Å². The molecule has 0 radical (unpaired) electrons. The van der Waals surface area contributed by atoms with Crippen LogP contribution in [0.4, 0.5) is 0 Å². The summed E-state index contributed by atoms with van der Waals surface area (Å²) < 4.78 is 0. The number of hydrogen-bond donors (Lipinski definition) is 1. The Morgan fingerprint density at radius 3 is 2.50 bits per heavy atom. The largest absolute Gasteiger partial charge is 0.389 e. The zero-order valence-corrected chi connectivity index (χ0v) is 9.28. The van der Waals surface area contributed by atoms with Crippen molar-refractivity contribution in [1.82, 2.24) is 5.06 Å². The van der Waals surface area contributed by atoms with E-state index in [1.807, 2.05) is 27.7 Å². The number of nitrogens with zero attached hydrogens (tertiary/aromatic N) is 1. The molecule has 1 N–H and O–H groups in total. The van der Waals surface area contributed by atoms with Crippen molar-refractivity contribution in [1.29, 1.82) is 0 Å². The highest BCUT2D eigenvalue weighted by Gasteiger charge is 2.34. The summed E-state index contributed by atoms with van der Waals surface area (Å²) in [6.07, 6.45) is -0.536. The zero-order chi connectivity index (χ0) is 10.9. The number of carbonyl (C=O) groups is 1. The van der Waals surface area contributed by atoms with Crippen molar-refractivity contribution < 1.29 is 14.7 Å². The van der Waals surface area contributed by atoms with Crippen LogP contribution in [0.15, 0.2) is 0 Å². The van der Waals surface area contributed by atoms with Gasteiger partial charge in [0, 0.05) is 5.92 Å². The van der Waals surface area contributed by atoms with Crippen molar-refractivity contribution >= 4 is 5.91 Å². The smallest absolute Gasteiger partial charge is 0.249 e. The molecule has 0 aliphatic carbocycles. The van der Waals surface area contributed by atoms with E-state index in [0.29, 0.717) is 6.54 Å². The minimum Gasteiger partial charge on any atom is -0.389 e. The van der Waals surface area contributed by atoms with Crippen molar-refractivity contribution in [3.63, 3.8) is 0 Å². The molecule has 1 saturated heterocycles. The van der Waals surface area contributed by atoms with Crippen LogP contribution in [0.1, 0.15) is 27.7 Å². The van der Waals surface area contributed by atoms with E-state index in [0.717, 1.165) is 0 Å². The molecule has 1 aliphatic heterocycles. The van der Waals surface area contributed by atoms with Crippen LogP contribution in [0.2, 0.25) is 0 Å². The van der Waals surface area contributed by atoms with Crippen LogP contribution >= 0.6 is 0 Å². The van der Waals surface area contributed by atoms with Crippen molar-refractivity contribution in [2.45, 2.75) is 33.8 Å². The Hall–Kier alpha value is -0.610. The molecule has 82 valence electrons. The zero-order valence-electron chi connectivity index (χ0n) is 9.28. The Morgan fingerprint density at radius 2 is 2.14 bits per heavy atom. The summed E-state index contributed by atoms with van der Waals surface area (Å²) >= 11 is 0. The van der Waals surface area contributed by atoms with Gasteiger partial charge >= 0.3 is 0 Å². The standard InChI is InChI=1S/C10H19NO3/c1-7(10(2,3)4)9(13)11-5-8(12)6-14-11/h7-8,12H,5-6H2,1-4H3/t7?,8-/m1/s1. The van der Waals surface area contributed by atoms with E-state index >= 15 is 0 Å². The molecule has 0 saturated carbocycles. The van der Waals surface area contributed by atoms with Crippen LogP contribution in [0, 0.1) is 11.3 Å². The number of hydroxylamine groups is 2. The molecule has 1 unspecified atom stereocenters. The summed E-state index contributed by atoms with van der Waals surface area (Å²) in [5, 5.41) is 10.5.